The summed E-state index contributed by atoms with van der Waals surface area (Å²) in [6.45, 7) is 0. The topological polar surface area (TPSA) is 58.6 Å². The molecule has 2 aromatic carbocycles. The molecule has 5 nitrogen and oxygen atoms in total. The van der Waals surface area contributed by atoms with Gasteiger partial charge in [-0.2, -0.15) is 0 Å². The van der Waals surface area contributed by atoms with Crippen LogP contribution in [0.4, 0.5) is 5.69 Å². The van der Waals surface area contributed by atoms with E-state index in [-0.39, 0.29) is 11.8 Å². The van der Waals surface area contributed by atoms with Crippen molar-refractivity contribution in [1.29, 1.82) is 0 Å². The van der Waals surface area contributed by atoms with E-state index in [4.69, 9.17) is 4.74 Å². The van der Waals surface area contributed by atoms with Gasteiger partial charge in [-0.05, 0) is 36.2 Å². The summed E-state index contributed by atoms with van der Waals surface area (Å²) in [5, 5.41) is 2.84. The Bertz CT molecular complexity index is 775. The highest BCUT2D eigenvalue weighted by Crippen LogP contribution is 2.26. The third-order valence-electron chi connectivity index (χ3n) is 3.71. The second-order valence-electron chi connectivity index (χ2n) is 5.75. The van der Waals surface area contributed by atoms with E-state index in [9.17, 15) is 9.59 Å². The number of carbonyl (C=O) groups is 2. The van der Waals surface area contributed by atoms with Gasteiger partial charge in [-0.3, -0.25) is 9.59 Å². The van der Waals surface area contributed by atoms with Crippen molar-refractivity contribution in [2.75, 3.05) is 26.5 Å². The summed E-state index contributed by atoms with van der Waals surface area (Å²) < 4.78 is 6.26. The Morgan fingerprint density at radius 1 is 1.16 bits per heavy atom. The first-order chi connectivity index (χ1) is 11.9. The molecule has 0 bridgehead atoms. The fourth-order valence-electron chi connectivity index (χ4n) is 2.36. The first kappa shape index (κ1) is 19.0. The van der Waals surface area contributed by atoms with Crippen LogP contribution in [0.25, 0.3) is 0 Å². The molecule has 0 unspecified atom stereocenters. The third-order valence-corrected chi connectivity index (χ3v) is 4.48. The lowest BCUT2D eigenvalue weighted by Gasteiger charge is -2.14. The molecule has 0 radical (unpaired) electrons. The number of hydrogen-bond acceptors (Lipinski definition) is 3. The zero-order chi connectivity index (χ0) is 18.4. The van der Waals surface area contributed by atoms with Gasteiger partial charge in [-0.25, -0.2) is 0 Å². The summed E-state index contributed by atoms with van der Waals surface area (Å²) in [7, 11) is 4.89. The number of ether oxygens (including phenoxy) is 1. The standard InChI is InChI=1S/C19H21BrN2O3/c1-22(2)19(24)14-8-10-17(25-3)16(12-14)21-18(23)11-9-13-6-4-5-7-15(13)20/h4-8,10,12H,9,11H2,1-3H3,(H,21,23). The number of methoxy groups -OCH3 is 1. The number of benzene rings is 2. The van der Waals surface area contributed by atoms with Crippen LogP contribution in [0.3, 0.4) is 0 Å². The Hall–Kier alpha value is -2.34. The lowest BCUT2D eigenvalue weighted by Crippen LogP contribution is -2.22. The van der Waals surface area contributed by atoms with Crippen molar-refractivity contribution in [3.8, 4) is 5.75 Å². The molecule has 0 aromatic heterocycles. The van der Waals surface area contributed by atoms with Crippen molar-refractivity contribution in [3.63, 3.8) is 0 Å². The minimum atomic E-state index is -0.136. The molecule has 25 heavy (non-hydrogen) atoms. The third kappa shape index (κ3) is 5.06. The number of rotatable bonds is 6. The van der Waals surface area contributed by atoms with Gasteiger partial charge in [0.1, 0.15) is 5.75 Å². The zero-order valence-electron chi connectivity index (χ0n) is 14.5. The monoisotopic (exact) mass is 404 g/mol. The molecule has 2 rings (SSSR count). The molecule has 0 saturated carbocycles. The van der Waals surface area contributed by atoms with Crippen molar-refractivity contribution < 1.29 is 14.3 Å². The van der Waals surface area contributed by atoms with Gasteiger partial charge in [0.15, 0.2) is 0 Å². The minimum absolute atomic E-state index is 0.133. The van der Waals surface area contributed by atoms with E-state index in [1.54, 1.807) is 32.3 Å². The van der Waals surface area contributed by atoms with Crippen molar-refractivity contribution in [2.45, 2.75) is 12.8 Å². The molecule has 132 valence electrons. The first-order valence-corrected chi connectivity index (χ1v) is 8.64. The van der Waals surface area contributed by atoms with Crippen LogP contribution in [0.15, 0.2) is 46.9 Å². The van der Waals surface area contributed by atoms with E-state index in [1.165, 1.54) is 12.0 Å². The largest absolute Gasteiger partial charge is 0.495 e. The average Bonchev–Trinajstić information content (AvgIpc) is 2.60. The lowest BCUT2D eigenvalue weighted by molar-refractivity contribution is -0.116. The van der Waals surface area contributed by atoms with E-state index in [0.29, 0.717) is 29.8 Å². The number of hydrogen-bond donors (Lipinski definition) is 1. The number of nitrogens with zero attached hydrogens (tertiary/aromatic N) is 1. The quantitative estimate of drug-likeness (QED) is 0.797. The Morgan fingerprint density at radius 3 is 2.52 bits per heavy atom. The maximum atomic E-state index is 12.3. The van der Waals surface area contributed by atoms with Crippen LogP contribution in [-0.4, -0.2) is 37.9 Å². The molecular weight excluding hydrogens is 384 g/mol. The second kappa shape index (κ2) is 8.67. The summed E-state index contributed by atoms with van der Waals surface area (Å²) in [6, 6.07) is 12.8. The van der Waals surface area contributed by atoms with E-state index < -0.39 is 0 Å². The van der Waals surface area contributed by atoms with Gasteiger partial charge >= 0.3 is 0 Å². The summed E-state index contributed by atoms with van der Waals surface area (Å²) >= 11 is 3.48. The van der Waals surface area contributed by atoms with Crippen LogP contribution in [0, 0.1) is 0 Å². The molecule has 0 saturated heterocycles. The molecule has 1 N–H and O–H groups in total. The molecule has 2 aromatic rings. The van der Waals surface area contributed by atoms with Crippen molar-refractivity contribution in [2.24, 2.45) is 0 Å². The van der Waals surface area contributed by atoms with Crippen molar-refractivity contribution in [3.05, 3.63) is 58.1 Å². The second-order valence-corrected chi connectivity index (χ2v) is 6.61. The van der Waals surface area contributed by atoms with Crippen LogP contribution in [-0.2, 0) is 11.2 Å². The van der Waals surface area contributed by atoms with Gasteiger partial charge in [0.05, 0.1) is 12.8 Å². The van der Waals surface area contributed by atoms with E-state index in [0.717, 1.165) is 10.0 Å². The van der Waals surface area contributed by atoms with E-state index >= 15 is 0 Å². The number of halogens is 1. The Labute approximate surface area is 156 Å². The van der Waals surface area contributed by atoms with Crippen LogP contribution in [0.1, 0.15) is 22.3 Å². The fourth-order valence-corrected chi connectivity index (χ4v) is 2.84. The summed E-state index contributed by atoms with van der Waals surface area (Å²) in [4.78, 5) is 25.9. The van der Waals surface area contributed by atoms with Crippen molar-refractivity contribution in [1.82, 2.24) is 4.90 Å². The number of aryl methyl sites for hydroxylation is 1. The van der Waals surface area contributed by atoms with Crippen LogP contribution < -0.4 is 10.1 Å². The normalized spacial score (nSPS) is 10.2. The summed E-state index contributed by atoms with van der Waals surface area (Å²) in [6.07, 6.45) is 0.948. The molecule has 2 amide bonds. The molecular formula is C19H21BrN2O3. The highest BCUT2D eigenvalue weighted by atomic mass is 79.9. The number of amides is 2. The smallest absolute Gasteiger partial charge is 0.253 e. The highest BCUT2D eigenvalue weighted by Gasteiger charge is 2.14. The Morgan fingerprint density at radius 2 is 1.88 bits per heavy atom. The maximum absolute atomic E-state index is 12.3. The van der Waals surface area contributed by atoms with Crippen LogP contribution in [0.2, 0.25) is 0 Å². The Kier molecular flexibility index (Phi) is 6.58. The van der Waals surface area contributed by atoms with E-state index in [1.807, 2.05) is 24.3 Å². The molecule has 0 aliphatic heterocycles. The summed E-state index contributed by atoms with van der Waals surface area (Å²) in [5.41, 5.74) is 2.06. The van der Waals surface area contributed by atoms with Gasteiger partial charge in [0, 0.05) is 30.6 Å². The predicted octanol–water partition coefficient (Wildman–Crippen LogP) is 3.73. The minimum Gasteiger partial charge on any atom is -0.495 e. The highest BCUT2D eigenvalue weighted by molar-refractivity contribution is 9.10. The van der Waals surface area contributed by atoms with Gasteiger partial charge in [0.2, 0.25) is 5.91 Å². The first-order valence-electron chi connectivity index (χ1n) is 7.85. The number of anilines is 1. The molecule has 0 aliphatic carbocycles. The molecule has 0 spiro atoms. The molecule has 0 aliphatic rings. The SMILES string of the molecule is COc1ccc(C(=O)N(C)C)cc1NC(=O)CCc1ccccc1Br. The molecule has 0 heterocycles. The van der Waals surface area contributed by atoms with Gasteiger partial charge in [0.25, 0.3) is 5.91 Å². The zero-order valence-corrected chi connectivity index (χ0v) is 16.1. The van der Waals surface area contributed by atoms with E-state index in [2.05, 4.69) is 21.2 Å². The van der Waals surface area contributed by atoms with Gasteiger partial charge in [-0.15, -0.1) is 0 Å². The van der Waals surface area contributed by atoms with Crippen LogP contribution >= 0.6 is 15.9 Å². The lowest BCUT2D eigenvalue weighted by atomic mass is 10.1. The number of nitrogens with one attached hydrogen (secondary N) is 1. The van der Waals surface area contributed by atoms with Crippen LogP contribution in [0.5, 0.6) is 5.75 Å². The Balaban J connectivity index is 2.09. The maximum Gasteiger partial charge on any atom is 0.253 e. The predicted molar refractivity (Wildman–Crippen MR) is 102 cm³/mol. The van der Waals surface area contributed by atoms with Crippen molar-refractivity contribution >= 4 is 33.4 Å². The fraction of sp³-hybridized carbons (Fsp3) is 0.263. The van der Waals surface area contributed by atoms with Gasteiger partial charge < -0.3 is 15.0 Å². The van der Waals surface area contributed by atoms with Gasteiger partial charge in [-0.1, -0.05) is 34.1 Å². The average molecular weight is 405 g/mol. The molecule has 6 heteroatoms. The number of carbonyl (C=O) groups excluding carboxylic acids is 2. The molecule has 0 atom stereocenters. The summed E-state index contributed by atoms with van der Waals surface area (Å²) in [5.74, 6) is 0.249. The molecule has 0 fully saturated rings.